The van der Waals surface area contributed by atoms with Crippen LogP contribution in [0.5, 0.6) is 0 Å². The quantitative estimate of drug-likeness (QED) is 0.423. The SMILES string of the molecule is CC(C)[CH2][Al]([CH2]C(C)C)[CH2]C(C)C.[Cl-].[Cl-].[Cl-].[Ti+3]. The maximum atomic E-state index is 2.38. The molecule has 0 saturated heterocycles. The number of halogens is 3. The van der Waals surface area contributed by atoms with Gasteiger partial charge in [-0.05, 0) is 0 Å². The van der Waals surface area contributed by atoms with E-state index in [4.69, 9.17) is 0 Å². The molecule has 0 aromatic heterocycles. The van der Waals surface area contributed by atoms with E-state index in [1.54, 1.807) is 15.8 Å². The van der Waals surface area contributed by atoms with Gasteiger partial charge in [-0.3, -0.25) is 0 Å². The summed E-state index contributed by atoms with van der Waals surface area (Å²) < 4.78 is 0. The Morgan fingerprint density at radius 1 is 0.588 bits per heavy atom. The zero-order valence-corrected chi connectivity index (χ0v) is 17.0. The smallest absolute Gasteiger partial charge is 1.00 e. The average molecular weight is 353 g/mol. The summed E-state index contributed by atoms with van der Waals surface area (Å²) in [5.74, 6) is 2.78. The maximum absolute atomic E-state index is 2.38. The Hall–Kier alpha value is 2.12. The minimum Gasteiger partial charge on any atom is -1.00 e. The van der Waals surface area contributed by atoms with E-state index in [0.29, 0.717) is 0 Å². The van der Waals surface area contributed by atoms with Gasteiger partial charge in [0.1, 0.15) is 0 Å². The Bertz CT molecular complexity index is 109. The first-order chi connectivity index (χ1) is 5.91. The van der Waals surface area contributed by atoms with Crippen LogP contribution in [0.1, 0.15) is 41.5 Å². The third-order valence-corrected chi connectivity index (χ3v) is 7.24. The summed E-state index contributed by atoms with van der Waals surface area (Å²) in [6, 6.07) is 0. The van der Waals surface area contributed by atoms with Gasteiger partial charge < -0.3 is 37.2 Å². The summed E-state index contributed by atoms with van der Waals surface area (Å²) >= 11 is -0.407. The molecule has 0 amide bonds. The van der Waals surface area contributed by atoms with Crippen molar-refractivity contribution in [3.8, 4) is 0 Å². The molecule has 0 aliphatic rings. The summed E-state index contributed by atoms with van der Waals surface area (Å²) in [7, 11) is 0. The van der Waals surface area contributed by atoms with Crippen molar-refractivity contribution in [2.45, 2.75) is 57.4 Å². The number of hydrogen-bond acceptors (Lipinski definition) is 0. The van der Waals surface area contributed by atoms with Crippen LogP contribution in [0.2, 0.25) is 15.8 Å². The second-order valence-electron chi connectivity index (χ2n) is 5.75. The van der Waals surface area contributed by atoms with E-state index in [-0.39, 0.29) is 58.9 Å². The normalized spacial score (nSPS) is 9.00. The molecule has 0 saturated carbocycles. The average Bonchev–Trinajstić information content (AvgIpc) is 1.80. The molecule has 5 heteroatoms. The Kier molecular flexibility index (Phi) is 33.6. The topological polar surface area (TPSA) is 0 Å². The van der Waals surface area contributed by atoms with Gasteiger partial charge in [0.05, 0.1) is 0 Å². The first kappa shape index (κ1) is 31.5. The van der Waals surface area contributed by atoms with Crippen molar-refractivity contribution >= 4 is 14.1 Å². The van der Waals surface area contributed by atoms with Crippen LogP contribution in [0.25, 0.3) is 0 Å². The molecule has 0 aromatic carbocycles. The fraction of sp³-hybridized carbons (Fsp3) is 1.00. The Labute approximate surface area is 147 Å². The molecule has 0 nitrogen and oxygen atoms in total. The molecule has 0 unspecified atom stereocenters. The fourth-order valence-corrected chi connectivity index (χ4v) is 6.87. The predicted molar refractivity (Wildman–Crippen MR) is 64.7 cm³/mol. The monoisotopic (exact) mass is 351 g/mol. The Morgan fingerprint density at radius 3 is 0.882 bits per heavy atom. The van der Waals surface area contributed by atoms with Crippen LogP contribution in [0.4, 0.5) is 0 Å². The van der Waals surface area contributed by atoms with Gasteiger partial charge in [-0.25, -0.2) is 0 Å². The van der Waals surface area contributed by atoms with Crippen molar-refractivity contribution < 1.29 is 58.9 Å². The number of hydrogen-bond donors (Lipinski definition) is 0. The van der Waals surface area contributed by atoms with Gasteiger partial charge in [-0.2, -0.15) is 0 Å². The molecular weight excluding hydrogens is 325 g/mol. The predicted octanol–water partition coefficient (Wildman–Crippen LogP) is -4.54. The summed E-state index contributed by atoms with van der Waals surface area (Å²) in [6.45, 7) is 14.3. The molecule has 0 atom stereocenters. The molecule has 0 fully saturated rings. The van der Waals surface area contributed by atoms with E-state index >= 15 is 0 Å². The van der Waals surface area contributed by atoms with E-state index in [1.165, 1.54) is 0 Å². The molecule has 0 heterocycles. The minimum absolute atomic E-state index is 0. The fourth-order valence-electron chi connectivity index (χ4n) is 2.29. The molecule has 17 heavy (non-hydrogen) atoms. The van der Waals surface area contributed by atoms with Crippen LogP contribution in [0.3, 0.4) is 0 Å². The van der Waals surface area contributed by atoms with Gasteiger partial charge in [0.25, 0.3) is 14.1 Å². The van der Waals surface area contributed by atoms with Gasteiger partial charge in [-0.1, -0.05) is 75.1 Å². The van der Waals surface area contributed by atoms with E-state index in [1.807, 2.05) is 0 Å². The van der Waals surface area contributed by atoms with Crippen molar-refractivity contribution in [2.24, 2.45) is 17.8 Å². The molecule has 0 N–H and O–H groups in total. The summed E-state index contributed by atoms with van der Waals surface area (Å²) in [5.41, 5.74) is 0. The van der Waals surface area contributed by atoms with Crippen molar-refractivity contribution in [1.29, 1.82) is 0 Å². The minimum atomic E-state index is -0.407. The van der Waals surface area contributed by atoms with E-state index in [9.17, 15) is 0 Å². The van der Waals surface area contributed by atoms with Crippen LogP contribution in [0.15, 0.2) is 0 Å². The van der Waals surface area contributed by atoms with Crippen LogP contribution < -0.4 is 37.2 Å². The first-order valence-corrected chi connectivity index (χ1v) is 8.36. The van der Waals surface area contributed by atoms with E-state index in [0.717, 1.165) is 17.8 Å². The van der Waals surface area contributed by atoms with Crippen LogP contribution >= 0.6 is 0 Å². The second-order valence-corrected chi connectivity index (χ2v) is 8.90. The Balaban J connectivity index is -0.000000120. The number of rotatable bonds is 6. The largest absolute Gasteiger partial charge is 3.00 e. The van der Waals surface area contributed by atoms with Crippen LogP contribution in [0, 0.1) is 17.8 Å². The van der Waals surface area contributed by atoms with E-state index < -0.39 is 14.1 Å². The molecular formula is C12H27AlCl3Ti. The first-order valence-electron chi connectivity index (χ1n) is 5.91. The third kappa shape index (κ3) is 23.6. The van der Waals surface area contributed by atoms with Crippen molar-refractivity contribution in [1.82, 2.24) is 0 Å². The summed E-state index contributed by atoms with van der Waals surface area (Å²) in [4.78, 5) is 0. The molecule has 0 aliphatic carbocycles. The summed E-state index contributed by atoms with van der Waals surface area (Å²) in [5, 5.41) is 4.66. The zero-order chi connectivity index (χ0) is 10.4. The van der Waals surface area contributed by atoms with Gasteiger partial charge in [0, 0.05) is 0 Å². The zero-order valence-electron chi connectivity index (χ0n) is 12.1. The van der Waals surface area contributed by atoms with Gasteiger partial charge in [-0.15, -0.1) is 0 Å². The molecule has 0 bridgehead atoms. The van der Waals surface area contributed by atoms with E-state index in [2.05, 4.69) is 41.5 Å². The van der Waals surface area contributed by atoms with Crippen molar-refractivity contribution in [3.05, 3.63) is 0 Å². The standard InChI is InChI=1S/3C4H9.Al.3ClH.Ti/c3*1-4(2)3;;;;;/h3*4H,1H2,2-3H3;;3*1H;/q;;;;;;;+3/p-3. The Morgan fingerprint density at radius 2 is 0.765 bits per heavy atom. The maximum Gasteiger partial charge on any atom is 3.00 e. The molecule has 0 aliphatic heterocycles. The third-order valence-electron chi connectivity index (χ3n) is 2.41. The molecule has 1 radical (unpaired) electrons. The van der Waals surface area contributed by atoms with Crippen LogP contribution in [-0.2, 0) is 21.7 Å². The molecule has 0 spiro atoms. The van der Waals surface area contributed by atoms with Gasteiger partial charge in [0.15, 0.2) is 0 Å². The molecule has 0 rings (SSSR count). The van der Waals surface area contributed by atoms with Crippen molar-refractivity contribution in [3.63, 3.8) is 0 Å². The second kappa shape index (κ2) is 18.1. The van der Waals surface area contributed by atoms with Gasteiger partial charge in [0.2, 0.25) is 0 Å². The molecule has 0 aromatic rings. The van der Waals surface area contributed by atoms with Gasteiger partial charge >= 0.3 is 21.7 Å². The molecule has 103 valence electrons. The van der Waals surface area contributed by atoms with Crippen molar-refractivity contribution in [2.75, 3.05) is 0 Å². The summed E-state index contributed by atoms with van der Waals surface area (Å²) in [6.07, 6.45) is 0. The van der Waals surface area contributed by atoms with Crippen LogP contribution in [-0.4, -0.2) is 14.1 Å².